The standard InChI is InChI=1S/C25H27BrN6O2/c1-5-8-17(32(24(33)34)25(2,3)4)13-31-21(26)19(20-22(27)29-14-30-23(20)31)16-11-15-9-6-7-10-18(15)28-12-16/h5-7,9-12,14,17H,1,8,13H2,2-4H3,(H,33,34)(H2,27,29,30)/t17-/m0/s1. The number of fused-ring (bicyclic) bond motifs is 2. The Morgan fingerprint density at radius 1 is 1.29 bits per heavy atom. The molecule has 3 N–H and O–H groups in total. The third-order valence-corrected chi connectivity index (χ3v) is 6.64. The molecule has 0 aliphatic heterocycles. The van der Waals surface area contributed by atoms with Crippen molar-refractivity contribution in [2.24, 2.45) is 0 Å². The number of para-hydroxylation sites is 1. The summed E-state index contributed by atoms with van der Waals surface area (Å²) in [5.74, 6) is 0.346. The number of carbonyl (C=O) groups is 1. The van der Waals surface area contributed by atoms with Crippen molar-refractivity contribution >= 4 is 49.8 Å². The molecule has 0 saturated heterocycles. The molecule has 0 saturated carbocycles. The van der Waals surface area contributed by atoms with Crippen LogP contribution >= 0.6 is 15.9 Å². The summed E-state index contributed by atoms with van der Waals surface area (Å²) in [7, 11) is 0. The van der Waals surface area contributed by atoms with E-state index in [1.807, 2.05) is 49.6 Å². The Hall–Kier alpha value is -3.46. The number of hydrogen-bond acceptors (Lipinski definition) is 5. The second-order valence-electron chi connectivity index (χ2n) is 9.15. The van der Waals surface area contributed by atoms with Crippen LogP contribution in [0.15, 0.2) is 60.1 Å². The first-order chi connectivity index (χ1) is 16.1. The van der Waals surface area contributed by atoms with E-state index in [2.05, 4.69) is 43.5 Å². The van der Waals surface area contributed by atoms with Gasteiger partial charge in [0.15, 0.2) is 0 Å². The summed E-state index contributed by atoms with van der Waals surface area (Å²) in [6.07, 6.45) is 4.45. The lowest BCUT2D eigenvalue weighted by Gasteiger charge is -2.39. The number of amides is 1. The fourth-order valence-electron chi connectivity index (χ4n) is 4.46. The maximum Gasteiger partial charge on any atom is 0.408 e. The number of nitrogens with two attached hydrogens (primary N) is 1. The van der Waals surface area contributed by atoms with Crippen molar-refractivity contribution in [3.63, 3.8) is 0 Å². The van der Waals surface area contributed by atoms with E-state index in [-0.39, 0.29) is 6.04 Å². The molecule has 0 fully saturated rings. The van der Waals surface area contributed by atoms with Crippen molar-refractivity contribution in [3.05, 3.63) is 60.1 Å². The molecule has 4 rings (SSSR count). The minimum absolute atomic E-state index is 0.346. The monoisotopic (exact) mass is 522 g/mol. The van der Waals surface area contributed by atoms with E-state index in [4.69, 9.17) is 5.73 Å². The molecule has 0 aliphatic carbocycles. The summed E-state index contributed by atoms with van der Waals surface area (Å²) >= 11 is 3.77. The van der Waals surface area contributed by atoms with E-state index in [0.717, 1.165) is 26.6 Å². The fourth-order valence-corrected chi connectivity index (χ4v) is 5.20. The molecular weight excluding hydrogens is 496 g/mol. The van der Waals surface area contributed by atoms with E-state index in [9.17, 15) is 9.90 Å². The van der Waals surface area contributed by atoms with Gasteiger partial charge in [-0.15, -0.1) is 6.58 Å². The van der Waals surface area contributed by atoms with Gasteiger partial charge in [0.2, 0.25) is 0 Å². The van der Waals surface area contributed by atoms with Crippen molar-refractivity contribution in [1.29, 1.82) is 0 Å². The number of aromatic nitrogens is 4. The van der Waals surface area contributed by atoms with Crippen molar-refractivity contribution in [1.82, 2.24) is 24.4 Å². The molecule has 176 valence electrons. The van der Waals surface area contributed by atoms with Gasteiger partial charge >= 0.3 is 6.09 Å². The van der Waals surface area contributed by atoms with Crippen LogP contribution in [0.5, 0.6) is 0 Å². The molecular formula is C25H27BrN6O2. The summed E-state index contributed by atoms with van der Waals surface area (Å²) < 4.78 is 2.69. The largest absolute Gasteiger partial charge is 0.465 e. The summed E-state index contributed by atoms with van der Waals surface area (Å²) in [4.78, 5) is 27.0. The molecule has 4 aromatic rings. The van der Waals surface area contributed by atoms with E-state index < -0.39 is 11.6 Å². The van der Waals surface area contributed by atoms with Crippen molar-refractivity contribution in [2.75, 3.05) is 5.73 Å². The number of nitrogens with zero attached hydrogens (tertiary/aromatic N) is 5. The first-order valence-electron chi connectivity index (χ1n) is 10.9. The smallest absolute Gasteiger partial charge is 0.408 e. The van der Waals surface area contributed by atoms with Gasteiger partial charge in [0, 0.05) is 34.8 Å². The van der Waals surface area contributed by atoms with Crippen molar-refractivity contribution in [3.8, 4) is 11.1 Å². The van der Waals surface area contributed by atoms with Gasteiger partial charge in [-0.05, 0) is 55.3 Å². The number of benzene rings is 1. The SMILES string of the molecule is C=CC[C@@H](Cn1c(Br)c(-c2cnc3ccccc3c2)c2c(N)ncnc21)N(C(=O)O)C(C)(C)C. The Balaban J connectivity index is 1.92. The van der Waals surface area contributed by atoms with Crippen LogP contribution in [0.4, 0.5) is 10.6 Å². The predicted octanol–water partition coefficient (Wildman–Crippen LogP) is 5.71. The highest BCUT2D eigenvalue weighted by atomic mass is 79.9. The van der Waals surface area contributed by atoms with E-state index in [1.54, 1.807) is 12.3 Å². The minimum atomic E-state index is -0.986. The van der Waals surface area contributed by atoms with Gasteiger partial charge in [-0.25, -0.2) is 14.8 Å². The van der Waals surface area contributed by atoms with Gasteiger partial charge in [-0.2, -0.15) is 0 Å². The number of anilines is 1. The summed E-state index contributed by atoms with van der Waals surface area (Å²) in [5.41, 5.74) is 8.92. The van der Waals surface area contributed by atoms with Crippen LogP contribution in [0, 0.1) is 0 Å². The normalized spacial score (nSPS) is 12.7. The topological polar surface area (TPSA) is 110 Å². The third-order valence-electron chi connectivity index (χ3n) is 5.81. The van der Waals surface area contributed by atoms with Crippen LogP contribution in [-0.2, 0) is 6.54 Å². The maximum atomic E-state index is 12.2. The minimum Gasteiger partial charge on any atom is -0.465 e. The molecule has 0 unspecified atom stereocenters. The fraction of sp³-hybridized carbons (Fsp3) is 0.280. The second kappa shape index (κ2) is 9.06. The number of rotatable bonds is 6. The molecule has 9 heteroatoms. The van der Waals surface area contributed by atoms with Gasteiger partial charge in [0.25, 0.3) is 0 Å². The molecule has 3 aromatic heterocycles. The van der Waals surface area contributed by atoms with Gasteiger partial charge in [-0.3, -0.25) is 9.88 Å². The molecule has 8 nitrogen and oxygen atoms in total. The number of nitrogen functional groups attached to an aromatic ring is 1. The van der Waals surface area contributed by atoms with E-state index in [0.29, 0.717) is 29.8 Å². The average molecular weight is 523 g/mol. The Labute approximate surface area is 206 Å². The van der Waals surface area contributed by atoms with Crippen molar-refractivity contribution in [2.45, 2.75) is 45.3 Å². The average Bonchev–Trinajstić information content (AvgIpc) is 3.05. The Morgan fingerprint density at radius 2 is 2.03 bits per heavy atom. The molecule has 1 atom stereocenters. The molecule has 1 amide bonds. The summed E-state index contributed by atoms with van der Waals surface area (Å²) in [5, 5.41) is 11.7. The molecule has 0 bridgehead atoms. The zero-order valence-electron chi connectivity index (χ0n) is 19.4. The number of carboxylic acid groups (broad SMARTS) is 1. The van der Waals surface area contributed by atoms with Gasteiger partial charge in [-0.1, -0.05) is 24.3 Å². The highest BCUT2D eigenvalue weighted by Gasteiger charge is 2.34. The summed E-state index contributed by atoms with van der Waals surface area (Å²) in [6.45, 7) is 9.85. The van der Waals surface area contributed by atoms with Crippen LogP contribution in [0.3, 0.4) is 0 Å². The van der Waals surface area contributed by atoms with Crippen LogP contribution in [0.1, 0.15) is 27.2 Å². The van der Waals surface area contributed by atoms with Crippen LogP contribution in [0.2, 0.25) is 0 Å². The molecule has 0 radical (unpaired) electrons. The second-order valence-corrected chi connectivity index (χ2v) is 9.90. The van der Waals surface area contributed by atoms with Crippen LogP contribution in [0.25, 0.3) is 33.1 Å². The molecule has 0 spiro atoms. The van der Waals surface area contributed by atoms with E-state index in [1.165, 1.54) is 11.2 Å². The van der Waals surface area contributed by atoms with Crippen LogP contribution in [-0.4, -0.2) is 47.2 Å². The van der Waals surface area contributed by atoms with E-state index >= 15 is 0 Å². The highest BCUT2D eigenvalue weighted by molar-refractivity contribution is 9.10. The molecule has 0 aliphatic rings. The van der Waals surface area contributed by atoms with Gasteiger partial charge < -0.3 is 15.4 Å². The first-order valence-corrected chi connectivity index (χ1v) is 11.7. The predicted molar refractivity (Wildman–Crippen MR) is 139 cm³/mol. The van der Waals surface area contributed by atoms with Crippen molar-refractivity contribution < 1.29 is 9.90 Å². The summed E-state index contributed by atoms with van der Waals surface area (Å²) in [6, 6.07) is 9.57. The lowest BCUT2D eigenvalue weighted by molar-refractivity contribution is 0.0652. The lowest BCUT2D eigenvalue weighted by Crippen LogP contribution is -2.52. The zero-order valence-corrected chi connectivity index (χ0v) is 21.0. The first kappa shape index (κ1) is 23.7. The Bertz CT molecular complexity index is 1390. The quantitative estimate of drug-likeness (QED) is 0.313. The van der Waals surface area contributed by atoms with Gasteiger partial charge in [0.05, 0.1) is 21.5 Å². The third kappa shape index (κ3) is 4.23. The molecule has 3 heterocycles. The molecule has 1 aromatic carbocycles. The Kier molecular flexibility index (Phi) is 6.31. The number of pyridine rings is 1. The lowest BCUT2D eigenvalue weighted by atomic mass is 10.0. The van der Waals surface area contributed by atoms with Gasteiger partial charge in [0.1, 0.15) is 17.8 Å². The highest BCUT2D eigenvalue weighted by Crippen LogP contribution is 2.40. The maximum absolute atomic E-state index is 12.2. The zero-order chi connectivity index (χ0) is 24.6. The number of halogens is 1. The van der Waals surface area contributed by atoms with Crippen LogP contribution < -0.4 is 5.73 Å². The molecule has 34 heavy (non-hydrogen) atoms. The number of hydrogen-bond donors (Lipinski definition) is 2. The Morgan fingerprint density at radius 3 is 2.71 bits per heavy atom.